The second kappa shape index (κ2) is 9.21. The number of aryl methyl sites for hydroxylation is 2. The van der Waals surface area contributed by atoms with Crippen LogP contribution in [0.3, 0.4) is 0 Å². The van der Waals surface area contributed by atoms with Crippen molar-refractivity contribution in [1.29, 1.82) is 0 Å². The van der Waals surface area contributed by atoms with Crippen molar-refractivity contribution < 1.29 is 14.3 Å². The summed E-state index contributed by atoms with van der Waals surface area (Å²) in [5, 5.41) is 6.21. The lowest BCUT2D eigenvalue weighted by atomic mass is 10.1. The molecule has 0 bridgehead atoms. The molecule has 2 N–H and O–H groups in total. The smallest absolute Gasteiger partial charge is 0.262 e. The van der Waals surface area contributed by atoms with E-state index < -0.39 is 0 Å². The molecule has 0 aliphatic carbocycles. The zero-order chi connectivity index (χ0) is 20.8. The molecule has 1 aromatic heterocycles. The predicted molar refractivity (Wildman–Crippen MR) is 114 cm³/mol. The first kappa shape index (κ1) is 20.4. The van der Waals surface area contributed by atoms with E-state index in [1.165, 1.54) is 6.20 Å². The van der Waals surface area contributed by atoms with Gasteiger partial charge in [-0.2, -0.15) is 0 Å². The van der Waals surface area contributed by atoms with Gasteiger partial charge < -0.3 is 15.4 Å². The Kier molecular flexibility index (Phi) is 6.46. The van der Waals surface area contributed by atoms with Gasteiger partial charge >= 0.3 is 0 Å². The molecule has 0 unspecified atom stereocenters. The molecule has 3 aromatic rings. The van der Waals surface area contributed by atoms with E-state index in [4.69, 9.17) is 16.3 Å². The normalized spacial score (nSPS) is 10.3. The number of rotatable bonds is 6. The predicted octanol–water partition coefficient (Wildman–Crippen LogP) is 4.62. The fourth-order valence-electron chi connectivity index (χ4n) is 2.71. The highest BCUT2D eigenvalue weighted by Crippen LogP contribution is 2.26. The van der Waals surface area contributed by atoms with Crippen LogP contribution < -0.4 is 15.4 Å². The number of hydrogen-bond acceptors (Lipinski definition) is 4. The quantitative estimate of drug-likeness (QED) is 0.622. The standard InChI is InChI=1S/C22H20ClN3O3/c1-14-9-19(10-15(2)21(14)23)29-13-20(27)25-17-6-3-7-18(11-17)26-22(28)16-5-4-8-24-12-16/h3-12H,13H2,1-2H3,(H,25,27)(H,26,28). The number of aromatic nitrogens is 1. The molecule has 6 nitrogen and oxygen atoms in total. The highest BCUT2D eigenvalue weighted by atomic mass is 35.5. The Morgan fingerprint density at radius 1 is 1.00 bits per heavy atom. The van der Waals surface area contributed by atoms with Crippen LogP contribution in [0.4, 0.5) is 11.4 Å². The lowest BCUT2D eigenvalue weighted by Crippen LogP contribution is -2.20. The van der Waals surface area contributed by atoms with Crippen LogP contribution in [-0.2, 0) is 4.79 Å². The second-order valence-corrected chi connectivity index (χ2v) is 6.86. The van der Waals surface area contributed by atoms with Gasteiger partial charge in [-0.15, -0.1) is 0 Å². The first-order valence-corrected chi connectivity index (χ1v) is 9.31. The number of halogens is 1. The zero-order valence-electron chi connectivity index (χ0n) is 16.0. The number of carbonyl (C=O) groups excluding carboxylic acids is 2. The summed E-state index contributed by atoms with van der Waals surface area (Å²) in [5.74, 6) is -0.0126. The molecule has 0 spiro atoms. The minimum atomic E-state index is -0.314. The van der Waals surface area contributed by atoms with Crippen molar-refractivity contribution in [2.24, 2.45) is 0 Å². The molecular formula is C22H20ClN3O3. The van der Waals surface area contributed by atoms with Crippen LogP contribution >= 0.6 is 11.6 Å². The van der Waals surface area contributed by atoms with Crippen molar-refractivity contribution in [3.63, 3.8) is 0 Å². The molecule has 3 rings (SSSR count). The molecule has 1 heterocycles. The largest absolute Gasteiger partial charge is 0.484 e. The molecule has 2 amide bonds. The molecule has 148 valence electrons. The van der Waals surface area contributed by atoms with Gasteiger partial charge in [0, 0.05) is 28.8 Å². The van der Waals surface area contributed by atoms with E-state index >= 15 is 0 Å². The maximum Gasteiger partial charge on any atom is 0.262 e. The maximum atomic E-state index is 12.2. The molecule has 0 atom stereocenters. The Bertz CT molecular complexity index is 1020. The molecule has 0 saturated heterocycles. The van der Waals surface area contributed by atoms with E-state index in [0.29, 0.717) is 27.7 Å². The van der Waals surface area contributed by atoms with Crippen molar-refractivity contribution in [2.75, 3.05) is 17.2 Å². The summed E-state index contributed by atoms with van der Waals surface area (Å²) in [6.07, 6.45) is 3.08. The van der Waals surface area contributed by atoms with E-state index in [0.717, 1.165) is 11.1 Å². The number of pyridine rings is 1. The van der Waals surface area contributed by atoms with E-state index in [-0.39, 0.29) is 18.4 Å². The van der Waals surface area contributed by atoms with Crippen LogP contribution in [0.1, 0.15) is 21.5 Å². The van der Waals surface area contributed by atoms with Crippen LogP contribution in [-0.4, -0.2) is 23.4 Å². The SMILES string of the molecule is Cc1cc(OCC(=O)Nc2cccc(NC(=O)c3cccnc3)c2)cc(C)c1Cl. The van der Waals surface area contributed by atoms with Crippen molar-refractivity contribution >= 4 is 34.8 Å². The van der Waals surface area contributed by atoms with E-state index in [1.807, 2.05) is 13.8 Å². The van der Waals surface area contributed by atoms with Crippen LogP contribution in [0.15, 0.2) is 60.9 Å². The maximum absolute atomic E-state index is 12.2. The zero-order valence-corrected chi connectivity index (χ0v) is 16.8. The summed E-state index contributed by atoms with van der Waals surface area (Å²) in [6, 6.07) is 13.8. The van der Waals surface area contributed by atoms with Gasteiger partial charge in [-0.1, -0.05) is 17.7 Å². The van der Waals surface area contributed by atoms with Crippen LogP contribution in [0.2, 0.25) is 5.02 Å². The number of benzene rings is 2. The lowest BCUT2D eigenvalue weighted by molar-refractivity contribution is -0.118. The van der Waals surface area contributed by atoms with Gasteiger partial charge in [-0.3, -0.25) is 14.6 Å². The molecule has 0 fully saturated rings. The topological polar surface area (TPSA) is 80.3 Å². The van der Waals surface area contributed by atoms with Gasteiger partial charge in [0.25, 0.3) is 11.8 Å². The summed E-state index contributed by atoms with van der Waals surface area (Å²) in [6.45, 7) is 3.62. The molecule has 0 aliphatic rings. The average molecular weight is 410 g/mol. The Morgan fingerprint density at radius 2 is 1.69 bits per heavy atom. The Hall–Kier alpha value is -3.38. The van der Waals surface area contributed by atoms with Crippen molar-refractivity contribution in [2.45, 2.75) is 13.8 Å². The third-order valence-corrected chi connectivity index (χ3v) is 4.70. The number of hydrogen-bond donors (Lipinski definition) is 2. The first-order chi connectivity index (χ1) is 13.9. The molecule has 0 saturated carbocycles. The summed E-state index contributed by atoms with van der Waals surface area (Å²) in [7, 11) is 0. The van der Waals surface area contributed by atoms with Crippen LogP contribution in [0.25, 0.3) is 0 Å². The first-order valence-electron chi connectivity index (χ1n) is 8.93. The number of nitrogens with zero attached hydrogens (tertiary/aromatic N) is 1. The Balaban J connectivity index is 1.58. The Labute approximate surface area is 173 Å². The summed E-state index contributed by atoms with van der Waals surface area (Å²) >= 11 is 6.14. The molecule has 7 heteroatoms. The molecular weight excluding hydrogens is 390 g/mol. The number of carbonyl (C=O) groups is 2. The average Bonchev–Trinajstić information content (AvgIpc) is 2.71. The molecule has 2 aromatic carbocycles. The van der Waals surface area contributed by atoms with Crippen molar-refractivity contribution in [3.05, 3.63) is 82.6 Å². The third kappa shape index (κ3) is 5.56. The van der Waals surface area contributed by atoms with E-state index in [2.05, 4.69) is 15.6 Å². The molecule has 0 radical (unpaired) electrons. The van der Waals surface area contributed by atoms with Gasteiger partial charge in [-0.05, 0) is 67.4 Å². The molecule has 29 heavy (non-hydrogen) atoms. The highest BCUT2D eigenvalue weighted by Gasteiger charge is 2.09. The third-order valence-electron chi connectivity index (χ3n) is 4.11. The lowest BCUT2D eigenvalue weighted by Gasteiger charge is -2.11. The number of amides is 2. The minimum Gasteiger partial charge on any atom is -0.484 e. The van der Waals surface area contributed by atoms with E-state index in [9.17, 15) is 9.59 Å². The van der Waals surface area contributed by atoms with Crippen molar-refractivity contribution in [1.82, 2.24) is 4.98 Å². The van der Waals surface area contributed by atoms with Crippen molar-refractivity contribution in [3.8, 4) is 5.75 Å². The van der Waals surface area contributed by atoms with Crippen LogP contribution in [0.5, 0.6) is 5.75 Å². The fraction of sp³-hybridized carbons (Fsp3) is 0.136. The highest BCUT2D eigenvalue weighted by molar-refractivity contribution is 6.32. The number of anilines is 2. The monoisotopic (exact) mass is 409 g/mol. The summed E-state index contributed by atoms with van der Waals surface area (Å²) in [5.41, 5.74) is 3.33. The fourth-order valence-corrected chi connectivity index (χ4v) is 2.82. The van der Waals surface area contributed by atoms with Gasteiger partial charge in [0.2, 0.25) is 0 Å². The van der Waals surface area contributed by atoms with E-state index in [1.54, 1.807) is 54.7 Å². The second-order valence-electron chi connectivity index (χ2n) is 6.48. The number of ether oxygens (including phenoxy) is 1. The van der Waals surface area contributed by atoms with Gasteiger partial charge in [0.1, 0.15) is 5.75 Å². The summed E-state index contributed by atoms with van der Waals surface area (Å²) < 4.78 is 5.56. The number of nitrogens with one attached hydrogen (secondary N) is 2. The molecule has 0 aliphatic heterocycles. The summed E-state index contributed by atoms with van der Waals surface area (Å²) in [4.78, 5) is 28.4. The van der Waals surface area contributed by atoms with Gasteiger partial charge in [0.15, 0.2) is 6.61 Å². The van der Waals surface area contributed by atoms with Gasteiger partial charge in [0.05, 0.1) is 5.56 Å². The Morgan fingerprint density at radius 3 is 2.34 bits per heavy atom. The van der Waals surface area contributed by atoms with Crippen LogP contribution in [0, 0.1) is 13.8 Å². The van der Waals surface area contributed by atoms with Gasteiger partial charge in [-0.25, -0.2) is 0 Å². The minimum absolute atomic E-state index is 0.146.